The van der Waals surface area contributed by atoms with Gasteiger partial charge in [0.1, 0.15) is 11.5 Å². The van der Waals surface area contributed by atoms with E-state index in [2.05, 4.69) is 25.3 Å². The van der Waals surface area contributed by atoms with Gasteiger partial charge in [-0.2, -0.15) is 0 Å². The van der Waals surface area contributed by atoms with Gasteiger partial charge in [0.05, 0.1) is 16.9 Å². The fraction of sp³-hybridized carbons (Fsp3) is 0.294. The summed E-state index contributed by atoms with van der Waals surface area (Å²) < 4.78 is 1.83. The number of hydrogen-bond acceptors (Lipinski definition) is 5. The molecule has 7 nitrogen and oxygen atoms in total. The SMILES string of the molecule is Cc1cnc2ccc(N3CC[C@H](NC(=O)c4ncccc4Cl)C3)nn12. The van der Waals surface area contributed by atoms with E-state index in [9.17, 15) is 4.79 Å². The Kier molecular flexibility index (Phi) is 4.01. The molecule has 4 rings (SSSR count). The van der Waals surface area contributed by atoms with Crippen LogP contribution in [0.25, 0.3) is 5.65 Å². The molecular formula is C17H17ClN6O. The average Bonchev–Trinajstić information content (AvgIpc) is 3.22. The fourth-order valence-corrected chi connectivity index (χ4v) is 3.25. The molecule has 1 atom stereocenters. The van der Waals surface area contributed by atoms with Gasteiger partial charge in [-0.25, -0.2) is 14.5 Å². The number of amides is 1. The van der Waals surface area contributed by atoms with Crippen molar-refractivity contribution in [1.82, 2.24) is 24.9 Å². The molecule has 128 valence electrons. The third kappa shape index (κ3) is 3.02. The van der Waals surface area contributed by atoms with Crippen molar-refractivity contribution in [2.45, 2.75) is 19.4 Å². The molecule has 1 N–H and O–H groups in total. The fourth-order valence-electron chi connectivity index (χ4n) is 3.04. The maximum Gasteiger partial charge on any atom is 0.271 e. The van der Waals surface area contributed by atoms with Gasteiger partial charge >= 0.3 is 0 Å². The molecule has 1 aliphatic heterocycles. The van der Waals surface area contributed by atoms with E-state index in [0.29, 0.717) is 11.6 Å². The quantitative estimate of drug-likeness (QED) is 0.777. The van der Waals surface area contributed by atoms with E-state index in [1.165, 1.54) is 0 Å². The number of pyridine rings is 1. The number of aromatic nitrogens is 4. The van der Waals surface area contributed by atoms with Crippen LogP contribution in [0.5, 0.6) is 0 Å². The van der Waals surface area contributed by atoms with Crippen LogP contribution < -0.4 is 10.2 Å². The Hall–Kier alpha value is -2.67. The van der Waals surface area contributed by atoms with E-state index in [4.69, 9.17) is 11.6 Å². The Labute approximate surface area is 149 Å². The van der Waals surface area contributed by atoms with Crippen LogP contribution in [0.4, 0.5) is 5.82 Å². The van der Waals surface area contributed by atoms with E-state index >= 15 is 0 Å². The molecule has 0 unspecified atom stereocenters. The van der Waals surface area contributed by atoms with Crippen LogP contribution in [-0.2, 0) is 0 Å². The van der Waals surface area contributed by atoms with Gasteiger partial charge in [-0.05, 0) is 37.6 Å². The molecule has 1 amide bonds. The Morgan fingerprint density at radius 2 is 2.20 bits per heavy atom. The first-order valence-corrected chi connectivity index (χ1v) is 8.47. The van der Waals surface area contributed by atoms with Crippen LogP contribution in [-0.4, -0.2) is 44.6 Å². The Bertz CT molecular complexity index is 940. The number of carbonyl (C=O) groups is 1. The van der Waals surface area contributed by atoms with Crippen LogP contribution in [0, 0.1) is 6.92 Å². The lowest BCUT2D eigenvalue weighted by molar-refractivity contribution is 0.0935. The Morgan fingerprint density at radius 3 is 3.04 bits per heavy atom. The largest absolute Gasteiger partial charge is 0.353 e. The number of fused-ring (bicyclic) bond motifs is 1. The van der Waals surface area contributed by atoms with Crippen molar-refractivity contribution in [2.75, 3.05) is 18.0 Å². The van der Waals surface area contributed by atoms with E-state index in [-0.39, 0.29) is 17.6 Å². The predicted octanol–water partition coefficient (Wildman–Crippen LogP) is 2.09. The number of carbonyl (C=O) groups excluding carboxylic acids is 1. The summed E-state index contributed by atoms with van der Waals surface area (Å²) in [6, 6.07) is 7.32. The van der Waals surface area contributed by atoms with Gasteiger partial charge in [0.15, 0.2) is 5.65 Å². The second kappa shape index (κ2) is 6.33. The maximum absolute atomic E-state index is 12.3. The summed E-state index contributed by atoms with van der Waals surface area (Å²) in [5.74, 6) is 0.632. The van der Waals surface area contributed by atoms with Crippen molar-refractivity contribution in [1.29, 1.82) is 0 Å². The summed E-state index contributed by atoms with van der Waals surface area (Å²) in [5, 5.41) is 8.00. The van der Waals surface area contributed by atoms with Crippen LogP contribution in [0.2, 0.25) is 5.02 Å². The van der Waals surface area contributed by atoms with Crippen molar-refractivity contribution < 1.29 is 4.79 Å². The standard InChI is InChI=1S/C17H17ClN6O/c1-11-9-20-14-4-5-15(22-24(11)14)23-8-6-12(10-23)21-17(25)16-13(18)3-2-7-19-16/h2-5,7,9,12H,6,8,10H2,1H3,(H,21,25)/t12-/m0/s1. The minimum Gasteiger partial charge on any atom is -0.353 e. The second-order valence-corrected chi connectivity index (χ2v) is 6.51. The molecule has 1 aliphatic rings. The van der Waals surface area contributed by atoms with Gasteiger partial charge in [-0.1, -0.05) is 11.6 Å². The van der Waals surface area contributed by atoms with Gasteiger partial charge < -0.3 is 10.2 Å². The highest BCUT2D eigenvalue weighted by Crippen LogP contribution is 2.20. The zero-order chi connectivity index (χ0) is 17.4. The van der Waals surface area contributed by atoms with E-state index in [1.54, 1.807) is 24.5 Å². The number of anilines is 1. The third-order valence-corrected chi connectivity index (χ3v) is 4.64. The number of hydrogen-bond donors (Lipinski definition) is 1. The van der Waals surface area contributed by atoms with Crippen LogP contribution in [0.3, 0.4) is 0 Å². The number of rotatable bonds is 3. The first-order chi connectivity index (χ1) is 12.1. The molecule has 0 saturated carbocycles. The van der Waals surface area contributed by atoms with E-state index < -0.39 is 0 Å². The minimum atomic E-state index is -0.244. The van der Waals surface area contributed by atoms with Crippen LogP contribution in [0.1, 0.15) is 22.6 Å². The van der Waals surface area contributed by atoms with Crippen molar-refractivity contribution in [3.8, 4) is 0 Å². The molecule has 4 heterocycles. The summed E-state index contributed by atoms with van der Waals surface area (Å²) in [6.07, 6.45) is 4.21. The average molecular weight is 357 g/mol. The first-order valence-electron chi connectivity index (χ1n) is 8.09. The molecular weight excluding hydrogens is 340 g/mol. The molecule has 1 fully saturated rings. The molecule has 3 aromatic rings. The molecule has 0 spiro atoms. The monoisotopic (exact) mass is 356 g/mol. The maximum atomic E-state index is 12.3. The summed E-state index contributed by atoms with van der Waals surface area (Å²) in [6.45, 7) is 3.50. The van der Waals surface area contributed by atoms with Gasteiger partial charge in [-0.15, -0.1) is 5.10 Å². The summed E-state index contributed by atoms with van der Waals surface area (Å²) in [4.78, 5) is 22.8. The molecule has 3 aromatic heterocycles. The lowest BCUT2D eigenvalue weighted by Gasteiger charge is -2.18. The van der Waals surface area contributed by atoms with Crippen molar-refractivity contribution in [2.24, 2.45) is 0 Å². The van der Waals surface area contributed by atoms with E-state index in [1.807, 2.05) is 23.6 Å². The van der Waals surface area contributed by atoms with Gasteiger partial charge in [0, 0.05) is 25.3 Å². The van der Waals surface area contributed by atoms with Gasteiger partial charge in [0.25, 0.3) is 5.91 Å². The smallest absolute Gasteiger partial charge is 0.271 e. The predicted molar refractivity (Wildman–Crippen MR) is 95.1 cm³/mol. The van der Waals surface area contributed by atoms with Crippen LogP contribution in [0.15, 0.2) is 36.7 Å². The lowest BCUT2D eigenvalue weighted by atomic mass is 10.2. The molecule has 25 heavy (non-hydrogen) atoms. The highest BCUT2D eigenvalue weighted by molar-refractivity contribution is 6.33. The third-order valence-electron chi connectivity index (χ3n) is 4.34. The molecule has 8 heteroatoms. The summed E-state index contributed by atoms with van der Waals surface area (Å²) >= 11 is 6.04. The molecule has 0 aromatic carbocycles. The number of aryl methyl sites for hydroxylation is 1. The number of imidazole rings is 1. The van der Waals surface area contributed by atoms with Gasteiger partial charge in [-0.3, -0.25) is 4.79 Å². The summed E-state index contributed by atoms with van der Waals surface area (Å²) in [7, 11) is 0. The number of nitrogens with one attached hydrogen (secondary N) is 1. The molecule has 1 saturated heterocycles. The Morgan fingerprint density at radius 1 is 1.32 bits per heavy atom. The normalized spacial score (nSPS) is 17.2. The Balaban J connectivity index is 1.46. The van der Waals surface area contributed by atoms with Crippen molar-refractivity contribution in [3.63, 3.8) is 0 Å². The lowest BCUT2D eigenvalue weighted by Crippen LogP contribution is -2.37. The summed E-state index contributed by atoms with van der Waals surface area (Å²) in [5.41, 5.74) is 2.08. The molecule has 0 aliphatic carbocycles. The van der Waals surface area contributed by atoms with Crippen molar-refractivity contribution >= 4 is 29.0 Å². The first kappa shape index (κ1) is 15.8. The highest BCUT2D eigenvalue weighted by atomic mass is 35.5. The van der Waals surface area contributed by atoms with Crippen LogP contribution >= 0.6 is 11.6 Å². The zero-order valence-electron chi connectivity index (χ0n) is 13.7. The highest BCUT2D eigenvalue weighted by Gasteiger charge is 2.26. The minimum absolute atomic E-state index is 0.0342. The topological polar surface area (TPSA) is 75.4 Å². The van der Waals surface area contributed by atoms with E-state index in [0.717, 1.165) is 30.1 Å². The van der Waals surface area contributed by atoms with Gasteiger partial charge in [0.2, 0.25) is 0 Å². The number of nitrogens with zero attached hydrogens (tertiary/aromatic N) is 5. The molecule has 0 bridgehead atoms. The molecule has 0 radical (unpaired) electrons. The number of halogens is 1. The zero-order valence-corrected chi connectivity index (χ0v) is 14.4. The second-order valence-electron chi connectivity index (χ2n) is 6.10. The van der Waals surface area contributed by atoms with Crippen molar-refractivity contribution in [3.05, 3.63) is 53.1 Å².